The lowest BCUT2D eigenvalue weighted by atomic mass is 10.1. The summed E-state index contributed by atoms with van der Waals surface area (Å²) in [5.74, 6) is -0.979. The topological polar surface area (TPSA) is 66.4 Å². The number of carboxylic acid groups (broad SMARTS) is 1. The molecule has 2 rings (SSSR count). The molecule has 6 heteroatoms. The fourth-order valence-corrected chi connectivity index (χ4v) is 2.64. The molecule has 0 saturated heterocycles. The minimum Gasteiger partial charge on any atom is -0.481 e. The van der Waals surface area contributed by atoms with Crippen LogP contribution >= 0.6 is 22.9 Å². The number of carbonyl (C=O) groups excluding carboxylic acids is 1. The molecule has 0 aromatic carbocycles. The van der Waals surface area contributed by atoms with Crippen LogP contribution in [0.3, 0.4) is 0 Å². The first-order valence-corrected chi connectivity index (χ1v) is 6.46. The van der Waals surface area contributed by atoms with Gasteiger partial charge in [0.05, 0.1) is 16.2 Å². The third kappa shape index (κ3) is 2.98. The number of nitrogens with one attached hydrogen (secondary N) is 1. The van der Waals surface area contributed by atoms with Crippen molar-refractivity contribution >= 4 is 34.8 Å². The van der Waals surface area contributed by atoms with E-state index in [1.54, 1.807) is 12.1 Å². The maximum atomic E-state index is 11.6. The van der Waals surface area contributed by atoms with Gasteiger partial charge in [0.2, 0.25) is 5.91 Å². The van der Waals surface area contributed by atoms with Crippen molar-refractivity contribution in [2.24, 2.45) is 5.41 Å². The zero-order valence-electron chi connectivity index (χ0n) is 9.03. The molecule has 1 aromatic rings. The van der Waals surface area contributed by atoms with Gasteiger partial charge in [-0.05, 0) is 25.0 Å². The van der Waals surface area contributed by atoms with Gasteiger partial charge in [-0.3, -0.25) is 9.59 Å². The molecular weight excluding hydrogens is 262 g/mol. The first kappa shape index (κ1) is 12.4. The Hall–Kier alpha value is -1.07. The van der Waals surface area contributed by atoms with E-state index in [0.717, 1.165) is 4.88 Å². The van der Waals surface area contributed by atoms with Gasteiger partial charge in [0.15, 0.2) is 0 Å². The first-order valence-electron chi connectivity index (χ1n) is 5.26. The quantitative estimate of drug-likeness (QED) is 0.861. The van der Waals surface area contributed by atoms with Gasteiger partial charge in [-0.1, -0.05) is 11.6 Å². The van der Waals surface area contributed by atoms with E-state index in [2.05, 4.69) is 5.32 Å². The van der Waals surface area contributed by atoms with Gasteiger partial charge in [0.25, 0.3) is 0 Å². The van der Waals surface area contributed by atoms with Crippen LogP contribution in [0, 0.1) is 5.41 Å². The number of halogens is 1. The van der Waals surface area contributed by atoms with E-state index >= 15 is 0 Å². The third-order valence-corrected chi connectivity index (χ3v) is 4.13. The van der Waals surface area contributed by atoms with Gasteiger partial charge in [0, 0.05) is 11.4 Å². The van der Waals surface area contributed by atoms with E-state index in [1.807, 2.05) is 0 Å². The standard InChI is InChI=1S/C11H12ClNO3S/c12-8-2-1-7(17-8)5-9(14)13-6-11(3-4-11)10(15)16/h1-2H,3-6H2,(H,13,14)(H,15,16). The highest BCUT2D eigenvalue weighted by molar-refractivity contribution is 7.16. The van der Waals surface area contributed by atoms with Crippen LogP contribution in [-0.2, 0) is 16.0 Å². The van der Waals surface area contributed by atoms with Gasteiger partial charge in [-0.25, -0.2) is 0 Å². The predicted octanol–water partition coefficient (Wildman–Crippen LogP) is 1.93. The molecule has 0 spiro atoms. The number of aliphatic carboxylic acids is 1. The average molecular weight is 274 g/mol. The number of hydrogen-bond donors (Lipinski definition) is 2. The summed E-state index contributed by atoms with van der Waals surface area (Å²) in [5, 5.41) is 11.6. The second-order valence-corrected chi connectivity index (χ2v) is 6.04. The maximum absolute atomic E-state index is 11.6. The Balaban J connectivity index is 1.80. The van der Waals surface area contributed by atoms with Crippen LogP contribution in [0.2, 0.25) is 4.34 Å². The molecule has 0 atom stereocenters. The lowest BCUT2D eigenvalue weighted by Crippen LogP contribution is -2.34. The number of carbonyl (C=O) groups is 2. The van der Waals surface area contributed by atoms with Gasteiger partial charge in [-0.2, -0.15) is 0 Å². The Bertz CT molecular complexity index is 453. The summed E-state index contributed by atoms with van der Waals surface area (Å²) in [6.07, 6.45) is 1.55. The molecule has 1 fully saturated rings. The Morgan fingerprint density at radius 2 is 2.18 bits per heavy atom. The van der Waals surface area contributed by atoms with Crippen molar-refractivity contribution in [3.8, 4) is 0 Å². The highest BCUT2D eigenvalue weighted by Crippen LogP contribution is 2.45. The van der Waals surface area contributed by atoms with Crippen molar-refractivity contribution in [3.63, 3.8) is 0 Å². The molecule has 1 amide bonds. The second kappa shape index (κ2) is 4.66. The average Bonchev–Trinajstić information content (AvgIpc) is 2.96. The smallest absolute Gasteiger partial charge is 0.311 e. The fourth-order valence-electron chi connectivity index (χ4n) is 1.55. The van der Waals surface area contributed by atoms with Crippen molar-refractivity contribution < 1.29 is 14.7 Å². The molecule has 2 N–H and O–H groups in total. The Kier molecular flexibility index (Phi) is 3.40. The monoisotopic (exact) mass is 273 g/mol. The van der Waals surface area contributed by atoms with Crippen LogP contribution < -0.4 is 5.32 Å². The van der Waals surface area contributed by atoms with Gasteiger partial charge < -0.3 is 10.4 Å². The molecule has 0 aliphatic heterocycles. The van der Waals surface area contributed by atoms with E-state index in [9.17, 15) is 9.59 Å². The van der Waals surface area contributed by atoms with Crippen molar-refractivity contribution in [1.29, 1.82) is 0 Å². The normalized spacial score (nSPS) is 16.5. The Morgan fingerprint density at radius 1 is 1.47 bits per heavy atom. The lowest BCUT2D eigenvalue weighted by Gasteiger charge is -2.10. The summed E-state index contributed by atoms with van der Waals surface area (Å²) in [5.41, 5.74) is -0.706. The highest BCUT2D eigenvalue weighted by Gasteiger charge is 2.50. The summed E-state index contributed by atoms with van der Waals surface area (Å²) in [4.78, 5) is 23.4. The minimum atomic E-state index is -0.822. The molecule has 1 saturated carbocycles. The largest absolute Gasteiger partial charge is 0.481 e. The van der Waals surface area contributed by atoms with Crippen molar-refractivity contribution in [3.05, 3.63) is 21.3 Å². The third-order valence-electron chi connectivity index (χ3n) is 2.89. The number of amides is 1. The van der Waals surface area contributed by atoms with Crippen LogP contribution in [0.25, 0.3) is 0 Å². The number of carboxylic acids is 1. The molecule has 1 aliphatic carbocycles. The molecule has 0 radical (unpaired) electrons. The molecule has 1 aromatic heterocycles. The zero-order chi connectivity index (χ0) is 12.5. The summed E-state index contributed by atoms with van der Waals surface area (Å²) >= 11 is 7.11. The van der Waals surface area contributed by atoms with E-state index < -0.39 is 11.4 Å². The molecule has 4 nitrogen and oxygen atoms in total. The van der Waals surface area contributed by atoms with Crippen molar-refractivity contribution in [2.45, 2.75) is 19.3 Å². The van der Waals surface area contributed by atoms with Gasteiger partial charge in [-0.15, -0.1) is 11.3 Å². The van der Waals surface area contributed by atoms with Crippen LogP contribution in [0.1, 0.15) is 17.7 Å². The molecule has 92 valence electrons. The molecule has 17 heavy (non-hydrogen) atoms. The summed E-state index contributed by atoms with van der Waals surface area (Å²) in [6, 6.07) is 3.55. The first-order chi connectivity index (χ1) is 8.02. The van der Waals surface area contributed by atoms with E-state index in [0.29, 0.717) is 17.2 Å². The lowest BCUT2D eigenvalue weighted by molar-refractivity contribution is -0.143. The summed E-state index contributed by atoms with van der Waals surface area (Å²) in [6.45, 7) is 0.222. The number of rotatable bonds is 5. The summed E-state index contributed by atoms with van der Waals surface area (Å²) in [7, 11) is 0. The minimum absolute atomic E-state index is 0.156. The molecule has 0 bridgehead atoms. The van der Waals surface area contributed by atoms with Crippen LogP contribution in [0.4, 0.5) is 0 Å². The second-order valence-electron chi connectivity index (χ2n) is 4.24. The van der Waals surface area contributed by atoms with Crippen LogP contribution in [-0.4, -0.2) is 23.5 Å². The number of hydrogen-bond acceptors (Lipinski definition) is 3. The van der Waals surface area contributed by atoms with Crippen molar-refractivity contribution in [1.82, 2.24) is 5.32 Å². The molecule has 1 heterocycles. The van der Waals surface area contributed by atoms with Gasteiger partial charge >= 0.3 is 5.97 Å². The maximum Gasteiger partial charge on any atom is 0.311 e. The van der Waals surface area contributed by atoms with E-state index in [4.69, 9.17) is 16.7 Å². The molecule has 1 aliphatic rings. The van der Waals surface area contributed by atoms with E-state index in [-0.39, 0.29) is 18.9 Å². The molecule has 0 unspecified atom stereocenters. The zero-order valence-corrected chi connectivity index (χ0v) is 10.6. The predicted molar refractivity (Wildman–Crippen MR) is 65.3 cm³/mol. The van der Waals surface area contributed by atoms with Crippen LogP contribution in [0.15, 0.2) is 12.1 Å². The Morgan fingerprint density at radius 3 is 2.65 bits per heavy atom. The Labute approximate surface area is 108 Å². The number of thiophene rings is 1. The van der Waals surface area contributed by atoms with Crippen molar-refractivity contribution in [2.75, 3.05) is 6.54 Å². The highest BCUT2D eigenvalue weighted by atomic mass is 35.5. The van der Waals surface area contributed by atoms with E-state index in [1.165, 1.54) is 11.3 Å². The summed E-state index contributed by atoms with van der Waals surface area (Å²) < 4.78 is 0.650. The van der Waals surface area contributed by atoms with Gasteiger partial charge in [0.1, 0.15) is 0 Å². The molecular formula is C11H12ClNO3S. The van der Waals surface area contributed by atoms with Crippen LogP contribution in [0.5, 0.6) is 0 Å². The SMILES string of the molecule is O=C(Cc1ccc(Cl)s1)NCC1(C(=O)O)CC1. The fraction of sp³-hybridized carbons (Fsp3) is 0.455.